The normalized spacial score (nSPS) is 11.0. The first-order chi connectivity index (χ1) is 14.2. The molecule has 5 amide bonds. The molecule has 0 saturated heterocycles. The second-order valence-corrected chi connectivity index (χ2v) is 6.87. The van der Waals surface area contributed by atoms with Gasteiger partial charge < -0.3 is 16.2 Å². The lowest BCUT2D eigenvalue weighted by Crippen LogP contribution is -2.45. The molecule has 0 heterocycles. The molecule has 0 saturated carbocycles. The summed E-state index contributed by atoms with van der Waals surface area (Å²) in [5.41, 5.74) is 7.28. The van der Waals surface area contributed by atoms with Crippen LogP contribution in [-0.4, -0.2) is 41.7 Å². The topological polar surface area (TPSA) is 235 Å². The quantitative estimate of drug-likeness (QED) is 0.116. The van der Waals surface area contributed by atoms with E-state index in [-0.39, 0.29) is 23.2 Å². The van der Waals surface area contributed by atoms with Crippen LogP contribution in [0.4, 0.5) is 31.0 Å². The summed E-state index contributed by atoms with van der Waals surface area (Å²) in [6.07, 6.45) is 0. The van der Waals surface area contributed by atoms with Crippen LogP contribution in [0.15, 0.2) is 6.07 Å². The summed E-state index contributed by atoms with van der Waals surface area (Å²) in [5, 5.41) is 11.3. The van der Waals surface area contributed by atoms with Gasteiger partial charge in [-0.3, -0.25) is 19.7 Å². The Kier molecular flexibility index (Phi) is 8.15. The van der Waals surface area contributed by atoms with Gasteiger partial charge in [0.1, 0.15) is 5.69 Å². The lowest BCUT2D eigenvalue weighted by atomic mass is 10.1. The first kappa shape index (κ1) is 25.4. The van der Waals surface area contributed by atoms with Crippen molar-refractivity contribution in [3.63, 3.8) is 0 Å². The average molecular weight is 446 g/mol. The fourth-order valence-electron chi connectivity index (χ4n) is 2.17. The Balaban J connectivity index is 3.40. The molecule has 0 aliphatic rings. The summed E-state index contributed by atoms with van der Waals surface area (Å²) in [6.45, 7) is 5.28. The molecule has 1 rings (SSSR count). The summed E-state index contributed by atoms with van der Waals surface area (Å²) in [4.78, 5) is 50.4. The molecule has 0 aromatic heterocycles. The van der Waals surface area contributed by atoms with Crippen LogP contribution < -0.4 is 38.7 Å². The molecule has 0 aliphatic heterocycles. The van der Waals surface area contributed by atoms with Crippen LogP contribution in [0.1, 0.15) is 31.1 Å². The van der Waals surface area contributed by atoms with Gasteiger partial charge in [-0.1, -0.05) is 0 Å². The zero-order chi connectivity index (χ0) is 24.1. The van der Waals surface area contributed by atoms with Crippen molar-refractivity contribution in [2.75, 3.05) is 23.2 Å². The molecule has 0 radical (unpaired) electrons. The molecular weight excluding hydrogens is 423 g/mol. The highest BCUT2D eigenvalue weighted by atomic mass is 19.1. The molecule has 0 bridgehead atoms. The molecule has 16 heteroatoms. The van der Waals surface area contributed by atoms with Crippen LogP contribution in [0.5, 0.6) is 0 Å². The third-order valence-corrected chi connectivity index (χ3v) is 3.48. The van der Waals surface area contributed by atoms with Crippen molar-refractivity contribution in [1.82, 2.24) is 5.48 Å². The Hall–Kier alpha value is -3.60. The van der Waals surface area contributed by atoms with Gasteiger partial charge in [-0.2, -0.15) is 0 Å². The van der Waals surface area contributed by atoms with Crippen LogP contribution in [0, 0.1) is 15.9 Å². The predicted octanol–water partition coefficient (Wildman–Crippen LogP) is -0.272. The minimum Gasteiger partial charge on any atom is -0.373 e. The number of nitro groups is 1. The van der Waals surface area contributed by atoms with Gasteiger partial charge in [0.2, 0.25) is 0 Å². The SMILES string of the molecule is CC(C)(C)OCCONC(=O)c1cc([N+](=O)[O-])c(N(N)C(N)=O)c(F)c1N(N)C(N)=O. The summed E-state index contributed by atoms with van der Waals surface area (Å²) in [7, 11) is 0. The van der Waals surface area contributed by atoms with E-state index in [9.17, 15) is 24.5 Å². The Morgan fingerprint density at radius 2 is 1.65 bits per heavy atom. The van der Waals surface area contributed by atoms with Gasteiger partial charge in [0.05, 0.1) is 29.3 Å². The first-order valence-electron chi connectivity index (χ1n) is 8.44. The van der Waals surface area contributed by atoms with Crippen LogP contribution in [0.25, 0.3) is 0 Å². The Morgan fingerprint density at radius 3 is 2.10 bits per heavy atom. The molecular formula is C15H23FN8O7. The number of carbonyl (C=O) groups is 3. The average Bonchev–Trinajstić information content (AvgIpc) is 2.64. The number of hydrogen-bond donors (Lipinski definition) is 5. The second-order valence-electron chi connectivity index (χ2n) is 6.87. The third-order valence-electron chi connectivity index (χ3n) is 3.48. The maximum atomic E-state index is 15.1. The number of hydrogen-bond acceptors (Lipinski definition) is 9. The number of halogens is 1. The van der Waals surface area contributed by atoms with Crippen molar-refractivity contribution in [2.24, 2.45) is 23.2 Å². The van der Waals surface area contributed by atoms with Crippen molar-refractivity contribution < 1.29 is 33.3 Å². The second kappa shape index (κ2) is 9.94. The number of amides is 5. The van der Waals surface area contributed by atoms with Crippen molar-refractivity contribution >= 4 is 35.0 Å². The van der Waals surface area contributed by atoms with Gasteiger partial charge in [0.25, 0.3) is 11.6 Å². The molecule has 9 N–H and O–H groups in total. The number of nitrogens with zero attached hydrogens (tertiary/aromatic N) is 3. The van der Waals surface area contributed by atoms with Gasteiger partial charge in [-0.05, 0) is 20.8 Å². The number of nitro benzene ring substituents is 1. The zero-order valence-electron chi connectivity index (χ0n) is 16.9. The lowest BCUT2D eigenvalue weighted by molar-refractivity contribution is -0.384. The number of carbonyl (C=O) groups excluding carboxylic acids is 3. The summed E-state index contributed by atoms with van der Waals surface area (Å²) in [6, 6.07) is -2.39. The van der Waals surface area contributed by atoms with Crippen molar-refractivity contribution in [3.05, 3.63) is 27.6 Å². The molecule has 31 heavy (non-hydrogen) atoms. The number of hydrazine groups is 2. The van der Waals surface area contributed by atoms with Gasteiger partial charge in [-0.25, -0.2) is 41.2 Å². The third kappa shape index (κ3) is 6.44. The minimum absolute atomic E-state index is 0.00494. The zero-order valence-corrected chi connectivity index (χ0v) is 16.9. The molecule has 1 aromatic rings. The number of benzene rings is 1. The highest BCUT2D eigenvalue weighted by molar-refractivity contribution is 6.06. The number of hydroxylamine groups is 1. The van der Waals surface area contributed by atoms with Crippen LogP contribution in [-0.2, 0) is 9.57 Å². The summed E-state index contributed by atoms with van der Waals surface area (Å²) >= 11 is 0. The maximum Gasteiger partial charge on any atom is 0.334 e. The van der Waals surface area contributed by atoms with Crippen LogP contribution in [0.2, 0.25) is 0 Å². The standard InChI is InChI=1S/C15H23FN8O7/c1-15(2,3)30-4-5-31-21-12(25)7-6-8(24(28)29)11(23(20)14(18)27)9(16)10(7)22(19)13(17)26/h6H,4-5,19-20H2,1-3H3,(H2,17,26)(H2,18,27)(H,21,25). The molecule has 0 atom stereocenters. The van der Waals surface area contributed by atoms with E-state index >= 15 is 4.39 Å². The van der Waals surface area contributed by atoms with E-state index in [1.165, 1.54) is 0 Å². The van der Waals surface area contributed by atoms with E-state index in [4.69, 9.17) is 32.7 Å². The molecule has 0 spiro atoms. The molecule has 0 fully saturated rings. The fraction of sp³-hybridized carbons (Fsp3) is 0.400. The number of rotatable bonds is 8. The Labute approximate surface area is 175 Å². The largest absolute Gasteiger partial charge is 0.373 e. The van der Waals surface area contributed by atoms with Crippen molar-refractivity contribution in [1.29, 1.82) is 0 Å². The van der Waals surface area contributed by atoms with Crippen LogP contribution in [0.3, 0.4) is 0 Å². The monoisotopic (exact) mass is 446 g/mol. The molecule has 1 aromatic carbocycles. The molecule has 0 unspecified atom stereocenters. The minimum atomic E-state index is -1.68. The number of nitrogens with two attached hydrogens (primary N) is 4. The van der Waals surface area contributed by atoms with E-state index in [2.05, 4.69) is 0 Å². The van der Waals surface area contributed by atoms with Gasteiger partial charge >= 0.3 is 12.1 Å². The van der Waals surface area contributed by atoms with Gasteiger partial charge in [0, 0.05) is 6.07 Å². The molecule has 0 aliphatic carbocycles. The van der Waals surface area contributed by atoms with E-state index in [0.717, 1.165) is 0 Å². The van der Waals surface area contributed by atoms with Crippen molar-refractivity contribution in [2.45, 2.75) is 26.4 Å². The Bertz CT molecular complexity index is 889. The predicted molar refractivity (Wildman–Crippen MR) is 105 cm³/mol. The first-order valence-corrected chi connectivity index (χ1v) is 8.44. The Morgan fingerprint density at radius 1 is 1.13 bits per heavy atom. The fourth-order valence-corrected chi connectivity index (χ4v) is 2.17. The maximum absolute atomic E-state index is 15.1. The number of primary amides is 2. The van der Waals surface area contributed by atoms with E-state index in [1.54, 1.807) is 20.8 Å². The highest BCUT2D eigenvalue weighted by Crippen LogP contribution is 2.38. The van der Waals surface area contributed by atoms with E-state index in [1.807, 2.05) is 5.48 Å². The van der Waals surface area contributed by atoms with E-state index in [0.29, 0.717) is 6.07 Å². The summed E-state index contributed by atoms with van der Waals surface area (Å²) in [5.74, 6) is 7.80. The van der Waals surface area contributed by atoms with Crippen molar-refractivity contribution in [3.8, 4) is 0 Å². The number of nitrogens with one attached hydrogen (secondary N) is 1. The van der Waals surface area contributed by atoms with Gasteiger partial charge in [0.15, 0.2) is 11.5 Å². The molecule has 172 valence electrons. The number of urea groups is 2. The number of anilines is 2. The van der Waals surface area contributed by atoms with Gasteiger partial charge in [-0.15, -0.1) is 0 Å². The smallest absolute Gasteiger partial charge is 0.334 e. The summed E-state index contributed by atoms with van der Waals surface area (Å²) < 4.78 is 20.5. The van der Waals surface area contributed by atoms with Crippen LogP contribution >= 0.6 is 0 Å². The highest BCUT2D eigenvalue weighted by Gasteiger charge is 2.35. The molecule has 15 nitrogen and oxygen atoms in total. The number of ether oxygens (including phenoxy) is 1. The van der Waals surface area contributed by atoms with E-state index < -0.39 is 56.9 Å². The lowest BCUT2D eigenvalue weighted by Gasteiger charge is -2.22.